The molecule has 3 aromatic carbocycles. The number of fused-ring (bicyclic) bond motifs is 1. The van der Waals surface area contributed by atoms with Crippen LogP contribution in [0.4, 0.5) is 0 Å². The van der Waals surface area contributed by atoms with Crippen molar-refractivity contribution in [3.8, 4) is 0 Å². The van der Waals surface area contributed by atoms with Crippen LogP contribution in [0.25, 0.3) is 0 Å². The van der Waals surface area contributed by atoms with Gasteiger partial charge >= 0.3 is 22.4 Å². The zero-order valence-electron chi connectivity index (χ0n) is 18.3. The number of nitrogens with zero attached hydrogens (tertiary/aromatic N) is 3. The Hall–Kier alpha value is -1.62. The second-order valence-corrected chi connectivity index (χ2v) is 14.1. The van der Waals surface area contributed by atoms with E-state index in [-0.39, 0.29) is 34.2 Å². The molecule has 0 aliphatic carbocycles. The molecule has 0 radical (unpaired) electrons. The van der Waals surface area contributed by atoms with Crippen molar-refractivity contribution in [1.29, 1.82) is 0 Å². The van der Waals surface area contributed by atoms with Gasteiger partial charge in [0.15, 0.2) is 20.6 Å². The van der Waals surface area contributed by atoms with E-state index < -0.39 is 14.1 Å². The van der Waals surface area contributed by atoms with Gasteiger partial charge in [-0.05, 0) is 10.6 Å². The van der Waals surface area contributed by atoms with Crippen molar-refractivity contribution in [2.75, 3.05) is 12.6 Å². The van der Waals surface area contributed by atoms with E-state index in [9.17, 15) is 9.59 Å². The molecule has 174 valence electrons. The number of carbonyl (C=O) groups excluding carboxylic acids is 2. The van der Waals surface area contributed by atoms with Crippen LogP contribution in [0, 0.1) is 6.07 Å². The Morgan fingerprint density at radius 2 is 1.27 bits per heavy atom. The minimum atomic E-state index is -2.00. The number of carbonyl (C=O) groups is 2. The van der Waals surface area contributed by atoms with Crippen LogP contribution in [0.5, 0.6) is 0 Å². The summed E-state index contributed by atoms with van der Waals surface area (Å²) in [5, 5.41) is 6.79. The molecule has 2 heterocycles. The van der Waals surface area contributed by atoms with Gasteiger partial charge in [-0.3, -0.25) is 9.59 Å². The first-order valence-corrected chi connectivity index (χ1v) is 15.0. The second-order valence-electron chi connectivity index (χ2n) is 7.54. The van der Waals surface area contributed by atoms with Crippen LogP contribution in [0.3, 0.4) is 0 Å². The largest absolute Gasteiger partial charge is 1.00 e. The number of hydrogen-bond donors (Lipinski definition) is 0. The number of rotatable bonds is 3. The molecule has 2 amide bonds. The van der Waals surface area contributed by atoms with Crippen molar-refractivity contribution < 1.29 is 32.0 Å². The fourth-order valence-corrected chi connectivity index (χ4v) is 9.82. The Balaban J connectivity index is 0.000000202. The normalized spacial score (nSPS) is 15.1. The molecule has 0 aromatic heterocycles. The van der Waals surface area contributed by atoms with Crippen LogP contribution in [-0.4, -0.2) is 39.3 Å². The minimum Gasteiger partial charge on any atom is -0.273 e. The predicted molar refractivity (Wildman–Crippen MR) is 136 cm³/mol. The van der Waals surface area contributed by atoms with Gasteiger partial charge in [0.05, 0.1) is 0 Å². The van der Waals surface area contributed by atoms with Gasteiger partial charge in [-0.1, -0.05) is 72.5 Å². The van der Waals surface area contributed by atoms with Crippen LogP contribution in [0.15, 0.2) is 84.9 Å². The molecule has 33 heavy (non-hydrogen) atoms. The third-order valence-corrected chi connectivity index (χ3v) is 12.6. The van der Waals surface area contributed by atoms with Crippen LogP contribution in [0.1, 0.15) is 13.8 Å². The van der Waals surface area contributed by atoms with Crippen LogP contribution >= 0.6 is 14.1 Å². The summed E-state index contributed by atoms with van der Waals surface area (Å²) in [6.07, 6.45) is 1.73. The number of benzene rings is 3. The third-order valence-electron chi connectivity index (χ3n) is 5.40. The number of amides is 2. The number of hydrogen-bond acceptors (Lipinski definition) is 4. The smallest absolute Gasteiger partial charge is 0.273 e. The third kappa shape index (κ3) is 5.23. The summed E-state index contributed by atoms with van der Waals surface area (Å²) in [6, 6.07) is 30.2. The molecule has 0 saturated carbocycles. The van der Waals surface area contributed by atoms with Gasteiger partial charge in [0, 0.05) is 24.8 Å². The van der Waals surface area contributed by atoms with E-state index in [1.54, 1.807) is 10.0 Å². The Morgan fingerprint density at radius 1 is 0.818 bits per heavy atom. The average molecular weight is 678 g/mol. The fourth-order valence-electron chi connectivity index (χ4n) is 3.74. The maximum atomic E-state index is 10.9. The van der Waals surface area contributed by atoms with Crippen LogP contribution in [0.2, 0.25) is 0 Å². The van der Waals surface area contributed by atoms with Crippen molar-refractivity contribution in [3.63, 3.8) is 0 Å². The molecule has 3 aromatic rings. The summed E-state index contributed by atoms with van der Waals surface area (Å²) in [5.41, 5.74) is 0. The fraction of sp³-hybridized carbons (Fsp3) is 0.167. The molecule has 0 bridgehead atoms. The zero-order valence-corrected chi connectivity index (χ0v) is 23.2. The second kappa shape index (κ2) is 11.2. The molecule has 2 aliphatic rings. The van der Waals surface area contributed by atoms with Gasteiger partial charge in [0.1, 0.15) is 0 Å². The van der Waals surface area contributed by atoms with Gasteiger partial charge in [0.2, 0.25) is 11.8 Å². The monoisotopic (exact) mass is 678 g/mol. The summed E-state index contributed by atoms with van der Waals surface area (Å²) in [6.45, 7) is 3.05. The Labute approximate surface area is 217 Å². The standard InChI is InChI=1S/C18H14PS.C6H10N3O2P.Au/c20-19(16-10-4-1-5-11-16,17-12-6-2-7-13-17)18-14-8-3-9-15-18;1-5(10)7-3-12-4-8(6(2)11)9(7)12;/h1-14H;3-4H2,1-2H3;/q-1;;+1/p+1. The molecule has 0 atom stereocenters. The topological polar surface area (TPSA) is 43.9 Å². The van der Waals surface area contributed by atoms with Crippen LogP contribution < -0.4 is 15.9 Å². The minimum absolute atomic E-state index is 0. The van der Waals surface area contributed by atoms with Crippen molar-refractivity contribution in [1.82, 2.24) is 14.9 Å². The van der Waals surface area contributed by atoms with E-state index in [0.717, 1.165) is 17.9 Å². The Bertz CT molecular complexity index is 1020. The van der Waals surface area contributed by atoms with Gasteiger partial charge in [-0.15, -0.1) is 5.30 Å². The predicted octanol–water partition coefficient (Wildman–Crippen LogP) is 3.13. The van der Waals surface area contributed by atoms with Crippen molar-refractivity contribution in [2.24, 2.45) is 0 Å². The molecule has 9 heteroatoms. The molecule has 2 aliphatic heterocycles. The molecule has 2 saturated heterocycles. The summed E-state index contributed by atoms with van der Waals surface area (Å²) < 4.78 is 0. The molecule has 0 unspecified atom stereocenters. The molecule has 0 N–H and O–H groups in total. The van der Waals surface area contributed by atoms with E-state index in [2.05, 4.69) is 60.7 Å². The van der Waals surface area contributed by atoms with E-state index in [1.807, 2.05) is 35.2 Å². The molecule has 5 nitrogen and oxygen atoms in total. The number of hydrazine groups is 2. The molecular weight excluding hydrogens is 653 g/mol. The van der Waals surface area contributed by atoms with Gasteiger partial charge in [0.25, 0.3) is 0 Å². The zero-order chi connectivity index (χ0) is 22.7. The summed E-state index contributed by atoms with van der Waals surface area (Å²) in [4.78, 5) is 23.7. The van der Waals surface area contributed by atoms with Gasteiger partial charge in [-0.2, -0.15) is 40.3 Å². The van der Waals surface area contributed by atoms with Gasteiger partial charge in [-0.25, -0.2) is 0 Å². The SMILES string of the molecule is CC(=O)N1C[PH+]2CN(C(C)=O)N12.S=P(c1[c-]cccc1)(c1ccccc1)c1ccccc1.[Au+]. The van der Waals surface area contributed by atoms with Crippen LogP contribution in [-0.2, 0) is 43.8 Å². The Kier molecular flexibility index (Phi) is 8.82. The maximum Gasteiger partial charge on any atom is 1.00 e. The van der Waals surface area contributed by atoms with Crippen molar-refractivity contribution in [3.05, 3.63) is 91.0 Å². The van der Waals surface area contributed by atoms with Crippen molar-refractivity contribution >= 4 is 53.6 Å². The molecule has 5 rings (SSSR count). The molecule has 2 fully saturated rings. The quantitative estimate of drug-likeness (QED) is 0.243. The summed E-state index contributed by atoms with van der Waals surface area (Å²) >= 11 is 6.18. The first-order chi connectivity index (χ1) is 15.4. The first-order valence-electron chi connectivity index (χ1n) is 10.3. The van der Waals surface area contributed by atoms with Gasteiger partial charge < -0.3 is 0 Å². The maximum absolute atomic E-state index is 10.9. The average Bonchev–Trinajstić information content (AvgIpc) is 2.81. The Morgan fingerprint density at radius 3 is 1.64 bits per heavy atom. The van der Waals surface area contributed by atoms with E-state index in [0.29, 0.717) is 0 Å². The summed E-state index contributed by atoms with van der Waals surface area (Å²) in [5.74, 6) is 0.0457. The van der Waals surface area contributed by atoms with E-state index in [4.69, 9.17) is 11.8 Å². The van der Waals surface area contributed by atoms with E-state index >= 15 is 0 Å². The summed E-state index contributed by atoms with van der Waals surface area (Å²) in [7, 11) is -0.533. The first kappa shape index (κ1) is 26.0. The van der Waals surface area contributed by atoms with Crippen molar-refractivity contribution in [2.45, 2.75) is 13.8 Å². The molecule has 0 spiro atoms. The molecular formula is C24H25AuN3O2P2S+. The van der Waals surface area contributed by atoms with E-state index in [1.165, 1.54) is 24.5 Å².